The summed E-state index contributed by atoms with van der Waals surface area (Å²) in [4.78, 5) is 4.61. The summed E-state index contributed by atoms with van der Waals surface area (Å²) in [5.74, 6) is 1.20. The molecule has 2 aromatic rings. The molecule has 0 amide bonds. The van der Waals surface area contributed by atoms with Crippen molar-refractivity contribution < 1.29 is 14.2 Å². The third kappa shape index (κ3) is 5.55. The van der Waals surface area contributed by atoms with Crippen molar-refractivity contribution in [3.8, 4) is 5.75 Å². The fourth-order valence-electron chi connectivity index (χ4n) is 3.00. The summed E-state index contributed by atoms with van der Waals surface area (Å²) in [5, 5.41) is 15.9. The predicted octanol–water partition coefficient (Wildman–Crippen LogP) is 3.51. The van der Waals surface area contributed by atoms with Gasteiger partial charge in [0.25, 0.3) is 0 Å². The number of nitrogens with zero attached hydrogens (tertiary/aromatic N) is 1. The lowest BCUT2D eigenvalue weighted by Crippen LogP contribution is -2.41. The summed E-state index contributed by atoms with van der Waals surface area (Å²) in [6.07, 6.45) is 0.854. The number of fused-ring (bicyclic) bond motifs is 1. The summed E-state index contributed by atoms with van der Waals surface area (Å²) in [5.41, 5.74) is 2.25. The average molecular weight is 485 g/mol. The van der Waals surface area contributed by atoms with E-state index in [9.17, 15) is 9.50 Å². The SMILES string of the molecule is CCNC(=NCc1ccc(F)c(CO)c1)NC1CCOc2ccccc21.I. The van der Waals surface area contributed by atoms with Crippen LogP contribution in [0.5, 0.6) is 5.75 Å². The van der Waals surface area contributed by atoms with Crippen LogP contribution in [0, 0.1) is 5.82 Å². The zero-order chi connectivity index (χ0) is 18.4. The molecule has 7 heteroatoms. The number of hydrogen-bond acceptors (Lipinski definition) is 3. The van der Waals surface area contributed by atoms with Gasteiger partial charge < -0.3 is 20.5 Å². The molecule has 0 spiro atoms. The van der Waals surface area contributed by atoms with Crippen LogP contribution in [0.4, 0.5) is 4.39 Å². The van der Waals surface area contributed by atoms with E-state index in [4.69, 9.17) is 4.74 Å². The second-order valence-corrected chi connectivity index (χ2v) is 6.15. The van der Waals surface area contributed by atoms with Crippen molar-refractivity contribution in [3.63, 3.8) is 0 Å². The molecule has 0 radical (unpaired) electrons. The molecule has 27 heavy (non-hydrogen) atoms. The Labute approximate surface area is 176 Å². The van der Waals surface area contributed by atoms with Gasteiger partial charge in [0.1, 0.15) is 11.6 Å². The maximum absolute atomic E-state index is 13.5. The molecule has 3 N–H and O–H groups in total. The maximum atomic E-state index is 13.5. The third-order valence-electron chi connectivity index (χ3n) is 4.31. The highest BCUT2D eigenvalue weighted by Gasteiger charge is 2.21. The first-order valence-corrected chi connectivity index (χ1v) is 8.86. The highest BCUT2D eigenvalue weighted by molar-refractivity contribution is 14.0. The van der Waals surface area contributed by atoms with Crippen molar-refractivity contribution in [2.75, 3.05) is 13.2 Å². The lowest BCUT2D eigenvalue weighted by atomic mass is 10.0. The minimum absolute atomic E-state index is 0. The van der Waals surface area contributed by atoms with Crippen LogP contribution < -0.4 is 15.4 Å². The van der Waals surface area contributed by atoms with Gasteiger partial charge in [0.05, 0.1) is 25.8 Å². The Hall–Kier alpha value is -1.87. The van der Waals surface area contributed by atoms with Gasteiger partial charge in [-0.3, -0.25) is 0 Å². The molecule has 5 nitrogen and oxygen atoms in total. The van der Waals surface area contributed by atoms with Crippen LogP contribution in [0.25, 0.3) is 0 Å². The predicted molar refractivity (Wildman–Crippen MR) is 115 cm³/mol. The molecular formula is C20H25FIN3O2. The number of rotatable bonds is 5. The van der Waals surface area contributed by atoms with Crippen LogP contribution in [-0.2, 0) is 13.2 Å². The van der Waals surface area contributed by atoms with E-state index < -0.39 is 5.82 Å². The number of halogens is 2. The molecule has 0 saturated heterocycles. The van der Waals surface area contributed by atoms with Crippen molar-refractivity contribution in [2.45, 2.75) is 32.5 Å². The van der Waals surface area contributed by atoms with E-state index in [0.29, 0.717) is 19.1 Å². The fourth-order valence-corrected chi connectivity index (χ4v) is 3.00. The largest absolute Gasteiger partial charge is 0.493 e. The van der Waals surface area contributed by atoms with Crippen molar-refractivity contribution in [1.29, 1.82) is 0 Å². The summed E-state index contributed by atoms with van der Waals surface area (Å²) in [6, 6.07) is 12.8. The zero-order valence-electron chi connectivity index (χ0n) is 15.2. The second-order valence-electron chi connectivity index (χ2n) is 6.15. The number of nitrogens with one attached hydrogen (secondary N) is 2. The van der Waals surface area contributed by atoms with Gasteiger partial charge in [-0.2, -0.15) is 0 Å². The number of guanidine groups is 1. The molecule has 0 aliphatic carbocycles. The average Bonchev–Trinajstić information content (AvgIpc) is 2.67. The maximum Gasteiger partial charge on any atom is 0.192 e. The van der Waals surface area contributed by atoms with Crippen LogP contribution in [0.3, 0.4) is 0 Å². The van der Waals surface area contributed by atoms with Crippen LogP contribution in [0.1, 0.15) is 36.1 Å². The Morgan fingerprint density at radius 3 is 2.89 bits per heavy atom. The Bertz CT molecular complexity index is 786. The monoisotopic (exact) mass is 485 g/mol. The molecule has 0 saturated carbocycles. The molecule has 1 aliphatic heterocycles. The van der Waals surface area contributed by atoms with Crippen molar-refractivity contribution >= 4 is 29.9 Å². The number of benzene rings is 2. The number of aliphatic imine (C=N–C) groups is 1. The molecule has 2 aromatic carbocycles. The van der Waals surface area contributed by atoms with E-state index in [-0.39, 0.29) is 42.2 Å². The van der Waals surface area contributed by atoms with Gasteiger partial charge in [-0.05, 0) is 30.7 Å². The van der Waals surface area contributed by atoms with Crippen LogP contribution in [0.2, 0.25) is 0 Å². The zero-order valence-corrected chi connectivity index (χ0v) is 17.6. The van der Waals surface area contributed by atoms with Crippen molar-refractivity contribution in [2.24, 2.45) is 4.99 Å². The van der Waals surface area contributed by atoms with Gasteiger partial charge in [-0.1, -0.05) is 24.3 Å². The Balaban J connectivity index is 0.00000261. The van der Waals surface area contributed by atoms with Crippen molar-refractivity contribution in [1.82, 2.24) is 10.6 Å². The first-order chi connectivity index (χ1) is 12.7. The molecular weight excluding hydrogens is 460 g/mol. The van der Waals surface area contributed by atoms with E-state index in [1.165, 1.54) is 6.07 Å². The summed E-state index contributed by atoms with van der Waals surface area (Å²) >= 11 is 0. The molecule has 0 fully saturated rings. The van der Waals surface area contributed by atoms with Gasteiger partial charge in [0.2, 0.25) is 0 Å². The van der Waals surface area contributed by atoms with Crippen LogP contribution >= 0.6 is 24.0 Å². The first-order valence-electron chi connectivity index (χ1n) is 8.86. The van der Waals surface area contributed by atoms with Gasteiger partial charge in [-0.25, -0.2) is 9.38 Å². The Morgan fingerprint density at radius 1 is 1.30 bits per heavy atom. The minimum Gasteiger partial charge on any atom is -0.493 e. The van der Waals surface area contributed by atoms with E-state index in [1.807, 2.05) is 25.1 Å². The summed E-state index contributed by atoms with van der Waals surface area (Å²) < 4.78 is 19.2. The third-order valence-corrected chi connectivity index (χ3v) is 4.31. The molecule has 1 heterocycles. The van der Waals surface area contributed by atoms with Crippen molar-refractivity contribution in [3.05, 3.63) is 65.0 Å². The Morgan fingerprint density at radius 2 is 2.11 bits per heavy atom. The van der Waals surface area contributed by atoms with E-state index >= 15 is 0 Å². The van der Waals surface area contributed by atoms with Gasteiger partial charge >= 0.3 is 0 Å². The molecule has 146 valence electrons. The number of aliphatic hydroxyl groups is 1. The number of ether oxygens (including phenoxy) is 1. The number of hydrogen-bond donors (Lipinski definition) is 3. The summed E-state index contributed by atoms with van der Waals surface area (Å²) in [6.45, 7) is 3.48. The number of aliphatic hydroxyl groups excluding tert-OH is 1. The first kappa shape index (κ1) is 21.4. The van der Waals surface area contributed by atoms with Gasteiger partial charge in [0.15, 0.2) is 5.96 Å². The highest BCUT2D eigenvalue weighted by Crippen LogP contribution is 2.31. The lowest BCUT2D eigenvalue weighted by molar-refractivity contribution is 0.261. The summed E-state index contributed by atoms with van der Waals surface area (Å²) in [7, 11) is 0. The quantitative estimate of drug-likeness (QED) is 0.345. The van der Waals surface area contributed by atoms with E-state index in [2.05, 4.69) is 21.7 Å². The fraction of sp³-hybridized carbons (Fsp3) is 0.350. The molecule has 1 atom stereocenters. The lowest BCUT2D eigenvalue weighted by Gasteiger charge is -2.28. The topological polar surface area (TPSA) is 65.9 Å². The molecule has 1 unspecified atom stereocenters. The van der Waals surface area contributed by atoms with Crippen LogP contribution in [0.15, 0.2) is 47.5 Å². The molecule has 3 rings (SSSR count). The normalized spacial score (nSPS) is 16.0. The minimum atomic E-state index is -0.399. The smallest absolute Gasteiger partial charge is 0.192 e. The number of para-hydroxylation sites is 1. The van der Waals surface area contributed by atoms with Gasteiger partial charge in [0, 0.05) is 24.1 Å². The van der Waals surface area contributed by atoms with Gasteiger partial charge in [-0.15, -0.1) is 24.0 Å². The second kappa shape index (κ2) is 10.5. The standard InChI is InChI=1S/C20H24FN3O2.HI/c1-2-22-20(23-12-14-7-8-17(21)15(11-14)13-25)24-18-9-10-26-19-6-4-3-5-16(18)19;/h3-8,11,18,25H,2,9-10,12-13H2,1H3,(H2,22,23,24);1H. The molecule has 0 aromatic heterocycles. The highest BCUT2D eigenvalue weighted by atomic mass is 127. The van der Waals surface area contributed by atoms with E-state index in [1.54, 1.807) is 12.1 Å². The molecule has 1 aliphatic rings. The Kier molecular flexibility index (Phi) is 8.30. The molecule has 0 bridgehead atoms. The van der Waals surface area contributed by atoms with Crippen LogP contribution in [-0.4, -0.2) is 24.2 Å². The van der Waals surface area contributed by atoms with E-state index in [0.717, 1.165) is 29.8 Å².